The van der Waals surface area contributed by atoms with Crippen LogP contribution >= 0.6 is 0 Å². The lowest BCUT2D eigenvalue weighted by Gasteiger charge is -2.33. The fourth-order valence-corrected chi connectivity index (χ4v) is 1.69. The molecule has 0 bridgehead atoms. The van der Waals surface area contributed by atoms with Crippen LogP contribution in [0.1, 0.15) is 20.8 Å². The van der Waals surface area contributed by atoms with Crippen molar-refractivity contribution in [3.63, 3.8) is 0 Å². The van der Waals surface area contributed by atoms with E-state index in [1.54, 1.807) is 14.2 Å². The Kier molecular flexibility index (Phi) is 19.8. The Balaban J connectivity index is 0. The van der Waals surface area contributed by atoms with Crippen molar-refractivity contribution in [2.45, 2.75) is 20.8 Å². The molecular weight excluding hydrogens is 244 g/mol. The van der Waals surface area contributed by atoms with E-state index in [1.165, 1.54) is 13.1 Å². The summed E-state index contributed by atoms with van der Waals surface area (Å²) in [6.07, 6.45) is 0. The number of aliphatic hydroxyl groups is 1. The predicted molar refractivity (Wildman–Crippen MR) is 80.7 cm³/mol. The van der Waals surface area contributed by atoms with Crippen LogP contribution in [-0.2, 0) is 9.47 Å². The number of aliphatic hydroxyl groups excluding tert-OH is 1. The molecule has 0 unspecified atom stereocenters. The van der Waals surface area contributed by atoms with E-state index in [0.29, 0.717) is 6.61 Å². The van der Waals surface area contributed by atoms with Gasteiger partial charge in [-0.15, -0.1) is 0 Å². The van der Waals surface area contributed by atoms with Gasteiger partial charge >= 0.3 is 0 Å². The Bertz CT molecular complexity index is 152. The Morgan fingerprint density at radius 1 is 0.947 bits per heavy atom. The van der Waals surface area contributed by atoms with E-state index in [2.05, 4.69) is 21.5 Å². The first-order valence-electron chi connectivity index (χ1n) is 7.31. The van der Waals surface area contributed by atoms with Gasteiger partial charge in [0.15, 0.2) is 0 Å². The van der Waals surface area contributed by atoms with Crippen LogP contribution in [0, 0.1) is 0 Å². The monoisotopic (exact) mass is 278 g/mol. The summed E-state index contributed by atoms with van der Waals surface area (Å²) in [6.45, 7) is 14.4. The number of hydrogen-bond donors (Lipinski definition) is 1. The van der Waals surface area contributed by atoms with Crippen molar-refractivity contribution in [2.75, 3.05) is 73.3 Å². The van der Waals surface area contributed by atoms with Gasteiger partial charge in [0.2, 0.25) is 0 Å². The molecule has 0 amide bonds. The van der Waals surface area contributed by atoms with Gasteiger partial charge in [-0.3, -0.25) is 4.90 Å². The highest BCUT2D eigenvalue weighted by atomic mass is 16.5. The maximum absolute atomic E-state index is 8.52. The molecule has 1 rings (SSSR count). The molecule has 0 aromatic rings. The summed E-state index contributed by atoms with van der Waals surface area (Å²) in [4.78, 5) is 4.88. The second kappa shape index (κ2) is 17.8. The zero-order valence-corrected chi connectivity index (χ0v) is 13.5. The standard InChI is InChI=1S/C10H22N2O2.C2H6O.C2H6/c1-2-11-3-5-12(6-4-11)7-9-14-10-8-13;1-3-2;1-2/h13H,2-10H2,1H3;1-2H3;1-2H3. The average Bonchev–Trinajstić information content (AvgIpc) is 2.47. The third-order valence-electron chi connectivity index (χ3n) is 2.70. The molecule has 1 saturated heterocycles. The summed E-state index contributed by atoms with van der Waals surface area (Å²) in [7, 11) is 3.25. The van der Waals surface area contributed by atoms with Gasteiger partial charge in [0.05, 0.1) is 19.8 Å². The molecule has 0 atom stereocenters. The van der Waals surface area contributed by atoms with E-state index >= 15 is 0 Å². The van der Waals surface area contributed by atoms with Gasteiger partial charge in [0.25, 0.3) is 0 Å². The van der Waals surface area contributed by atoms with Crippen LogP contribution < -0.4 is 0 Å². The molecule has 0 radical (unpaired) electrons. The summed E-state index contributed by atoms with van der Waals surface area (Å²) in [6, 6.07) is 0. The Hall–Kier alpha value is -0.200. The minimum atomic E-state index is 0.129. The molecule has 0 aromatic heterocycles. The van der Waals surface area contributed by atoms with Crippen molar-refractivity contribution in [3.05, 3.63) is 0 Å². The molecule has 0 aromatic carbocycles. The molecule has 1 heterocycles. The third-order valence-corrected chi connectivity index (χ3v) is 2.70. The summed E-state index contributed by atoms with van der Waals surface area (Å²) >= 11 is 0. The molecule has 1 aliphatic heterocycles. The molecule has 118 valence electrons. The van der Waals surface area contributed by atoms with Crippen molar-refractivity contribution >= 4 is 0 Å². The van der Waals surface area contributed by atoms with Crippen LogP contribution in [0.15, 0.2) is 0 Å². The van der Waals surface area contributed by atoms with Gasteiger partial charge in [-0.2, -0.15) is 0 Å². The molecular formula is C14H34N2O3. The first kappa shape index (κ1) is 21.1. The van der Waals surface area contributed by atoms with Crippen molar-refractivity contribution in [3.8, 4) is 0 Å². The van der Waals surface area contributed by atoms with Gasteiger partial charge in [-0.25, -0.2) is 0 Å². The number of ether oxygens (including phenoxy) is 2. The molecule has 0 spiro atoms. The highest BCUT2D eigenvalue weighted by Gasteiger charge is 2.14. The summed E-state index contributed by atoms with van der Waals surface area (Å²) in [5.41, 5.74) is 0. The molecule has 1 N–H and O–H groups in total. The van der Waals surface area contributed by atoms with E-state index < -0.39 is 0 Å². The highest BCUT2D eigenvalue weighted by Crippen LogP contribution is 2.00. The van der Waals surface area contributed by atoms with E-state index in [-0.39, 0.29) is 6.61 Å². The minimum absolute atomic E-state index is 0.129. The van der Waals surface area contributed by atoms with E-state index in [0.717, 1.165) is 32.8 Å². The average molecular weight is 278 g/mol. The van der Waals surface area contributed by atoms with Crippen molar-refractivity contribution in [2.24, 2.45) is 0 Å². The summed E-state index contributed by atoms with van der Waals surface area (Å²) in [5, 5.41) is 8.52. The maximum Gasteiger partial charge on any atom is 0.0698 e. The number of piperazine rings is 1. The van der Waals surface area contributed by atoms with Crippen LogP contribution in [-0.4, -0.2) is 88.2 Å². The molecule has 0 aliphatic carbocycles. The topological polar surface area (TPSA) is 45.2 Å². The quantitative estimate of drug-likeness (QED) is 0.732. The number of methoxy groups -OCH3 is 1. The van der Waals surface area contributed by atoms with Gasteiger partial charge in [0.1, 0.15) is 0 Å². The second-order valence-corrected chi connectivity index (χ2v) is 4.02. The SMILES string of the molecule is CC.CCN1CCN(CCOCCO)CC1.COC. The van der Waals surface area contributed by atoms with Crippen LogP contribution in [0.3, 0.4) is 0 Å². The highest BCUT2D eigenvalue weighted by molar-refractivity contribution is 4.70. The predicted octanol–water partition coefficient (Wildman–Crippen LogP) is 0.922. The molecule has 5 nitrogen and oxygen atoms in total. The summed E-state index contributed by atoms with van der Waals surface area (Å²) in [5.74, 6) is 0. The minimum Gasteiger partial charge on any atom is -0.394 e. The fourth-order valence-electron chi connectivity index (χ4n) is 1.69. The molecule has 1 fully saturated rings. The normalized spacial score (nSPS) is 16.1. The van der Waals surface area contributed by atoms with Crippen LogP contribution in [0.4, 0.5) is 0 Å². The zero-order valence-electron chi connectivity index (χ0n) is 13.5. The van der Waals surface area contributed by atoms with E-state index in [4.69, 9.17) is 9.84 Å². The smallest absolute Gasteiger partial charge is 0.0698 e. The first-order valence-corrected chi connectivity index (χ1v) is 7.31. The lowest BCUT2D eigenvalue weighted by Crippen LogP contribution is -2.47. The van der Waals surface area contributed by atoms with Gasteiger partial charge in [-0.05, 0) is 6.54 Å². The molecule has 1 aliphatic rings. The zero-order chi connectivity index (χ0) is 14.9. The van der Waals surface area contributed by atoms with Crippen LogP contribution in [0.25, 0.3) is 0 Å². The first-order chi connectivity index (χ1) is 9.28. The Morgan fingerprint density at radius 2 is 1.42 bits per heavy atom. The lowest BCUT2D eigenvalue weighted by molar-refractivity contribution is 0.0585. The van der Waals surface area contributed by atoms with E-state index in [9.17, 15) is 0 Å². The number of nitrogens with zero attached hydrogens (tertiary/aromatic N) is 2. The van der Waals surface area contributed by atoms with Gasteiger partial charge in [-0.1, -0.05) is 20.8 Å². The Labute approximate surface area is 119 Å². The van der Waals surface area contributed by atoms with Crippen molar-refractivity contribution < 1.29 is 14.6 Å². The number of likely N-dealkylation sites (N-methyl/N-ethyl adjacent to an activating group) is 1. The lowest BCUT2D eigenvalue weighted by atomic mass is 10.3. The molecule has 19 heavy (non-hydrogen) atoms. The molecule has 5 heteroatoms. The van der Waals surface area contributed by atoms with Crippen molar-refractivity contribution in [1.82, 2.24) is 9.80 Å². The van der Waals surface area contributed by atoms with Crippen LogP contribution in [0.2, 0.25) is 0 Å². The van der Waals surface area contributed by atoms with Gasteiger partial charge < -0.3 is 19.5 Å². The second-order valence-electron chi connectivity index (χ2n) is 4.02. The van der Waals surface area contributed by atoms with Crippen LogP contribution in [0.5, 0.6) is 0 Å². The number of rotatable bonds is 6. The Morgan fingerprint density at radius 3 is 1.84 bits per heavy atom. The molecule has 0 saturated carbocycles. The fraction of sp³-hybridized carbons (Fsp3) is 1.00. The number of hydrogen-bond acceptors (Lipinski definition) is 5. The van der Waals surface area contributed by atoms with Gasteiger partial charge in [0, 0.05) is 46.9 Å². The summed E-state index contributed by atoms with van der Waals surface area (Å²) < 4.78 is 9.48. The third kappa shape index (κ3) is 14.0. The maximum atomic E-state index is 8.52. The van der Waals surface area contributed by atoms with Crippen molar-refractivity contribution in [1.29, 1.82) is 0 Å². The largest absolute Gasteiger partial charge is 0.394 e. The van der Waals surface area contributed by atoms with E-state index in [1.807, 2.05) is 13.8 Å².